The van der Waals surface area contributed by atoms with E-state index in [1.807, 2.05) is 20.8 Å². The minimum Gasteiger partial charge on any atom is -0.444 e. The van der Waals surface area contributed by atoms with Gasteiger partial charge in [0.25, 0.3) is 0 Å². The molecule has 1 saturated heterocycles. The second-order valence-corrected chi connectivity index (χ2v) is 6.15. The highest BCUT2D eigenvalue weighted by atomic mass is 32.2. The Bertz CT molecular complexity index is 307. The van der Waals surface area contributed by atoms with Crippen molar-refractivity contribution in [1.82, 2.24) is 4.90 Å². The van der Waals surface area contributed by atoms with Crippen LogP contribution < -0.4 is 0 Å². The van der Waals surface area contributed by atoms with Crippen LogP contribution in [0.3, 0.4) is 0 Å². The first-order valence-corrected chi connectivity index (χ1v) is 7.22. The van der Waals surface area contributed by atoms with E-state index < -0.39 is 16.7 Å². The lowest BCUT2D eigenvalue weighted by Crippen LogP contribution is -2.43. The van der Waals surface area contributed by atoms with E-state index in [-0.39, 0.29) is 18.1 Å². The Hall–Kier alpha value is -0.660. The fraction of sp³-hybridized carbons (Fsp3) is 0.909. The summed E-state index contributed by atoms with van der Waals surface area (Å²) in [5.74, 6) is -0.170. The first-order valence-electron chi connectivity index (χ1n) is 5.95. The summed E-state index contributed by atoms with van der Waals surface area (Å²) >= 11 is -1.93. The molecule has 1 rings (SSSR count). The predicted octanol–water partition coefficient (Wildman–Crippen LogP) is 1.58. The molecular formula is C11H21NO5S. The van der Waals surface area contributed by atoms with E-state index in [0.717, 1.165) is 0 Å². The summed E-state index contributed by atoms with van der Waals surface area (Å²) in [6, 6.07) is 0. The highest BCUT2D eigenvalue weighted by Gasteiger charge is 2.27. The van der Waals surface area contributed by atoms with Crippen LogP contribution in [-0.2, 0) is 20.6 Å². The monoisotopic (exact) mass is 279 g/mol. The van der Waals surface area contributed by atoms with Crippen LogP contribution in [0.1, 0.15) is 33.6 Å². The van der Waals surface area contributed by atoms with E-state index >= 15 is 0 Å². The Morgan fingerprint density at radius 1 is 1.39 bits per heavy atom. The van der Waals surface area contributed by atoms with Gasteiger partial charge in [-0.1, -0.05) is 0 Å². The van der Waals surface area contributed by atoms with Crippen LogP contribution in [0.25, 0.3) is 0 Å². The van der Waals surface area contributed by atoms with Gasteiger partial charge in [0.15, 0.2) is 11.1 Å². The summed E-state index contributed by atoms with van der Waals surface area (Å²) in [6.07, 6.45) is 0.957. The lowest BCUT2D eigenvalue weighted by atomic mass is 10.1. The van der Waals surface area contributed by atoms with E-state index in [9.17, 15) is 9.00 Å². The second kappa shape index (κ2) is 6.49. The smallest absolute Gasteiger partial charge is 0.410 e. The molecule has 0 aromatic heterocycles. The second-order valence-electron chi connectivity index (χ2n) is 5.27. The lowest BCUT2D eigenvalue weighted by molar-refractivity contribution is -0.00181. The third-order valence-corrected chi connectivity index (χ3v) is 2.84. The molecule has 1 atom stereocenters. The van der Waals surface area contributed by atoms with Gasteiger partial charge in [-0.25, -0.2) is 9.00 Å². The minimum absolute atomic E-state index is 0.0558. The lowest BCUT2D eigenvalue weighted by Gasteiger charge is -2.33. The van der Waals surface area contributed by atoms with E-state index in [1.54, 1.807) is 4.90 Å². The summed E-state index contributed by atoms with van der Waals surface area (Å²) in [4.78, 5) is 13.4. The maximum absolute atomic E-state index is 11.8. The van der Waals surface area contributed by atoms with Crippen molar-refractivity contribution in [1.29, 1.82) is 0 Å². The Morgan fingerprint density at radius 2 is 1.94 bits per heavy atom. The third kappa shape index (κ3) is 5.79. The number of ether oxygens (including phenoxy) is 2. The molecular weight excluding hydrogens is 258 g/mol. The standard InChI is InChI=1S/C11H21NO5S/c1-11(2,3)17-10(13)12-6-4-9(5-7-12)16-8-18(14)15/h9H,4-8H2,1-3H3,(H,14,15). The van der Waals surface area contributed by atoms with Crippen molar-refractivity contribution >= 4 is 17.2 Å². The topological polar surface area (TPSA) is 76.1 Å². The molecule has 1 aliphatic rings. The number of hydrogen-bond acceptors (Lipinski definition) is 4. The largest absolute Gasteiger partial charge is 0.444 e. The van der Waals surface area contributed by atoms with Gasteiger partial charge in [-0.05, 0) is 33.6 Å². The number of amides is 1. The Labute approximate surface area is 110 Å². The summed E-state index contributed by atoms with van der Waals surface area (Å²) in [5, 5.41) is 0. The molecule has 0 aromatic carbocycles. The van der Waals surface area contributed by atoms with E-state index in [2.05, 4.69) is 0 Å². The fourth-order valence-electron chi connectivity index (χ4n) is 1.69. The van der Waals surface area contributed by atoms with Crippen molar-refractivity contribution in [3.8, 4) is 0 Å². The molecule has 1 unspecified atom stereocenters. The zero-order valence-electron chi connectivity index (χ0n) is 11.0. The molecule has 7 heteroatoms. The molecule has 0 bridgehead atoms. The van der Waals surface area contributed by atoms with Crippen molar-refractivity contribution in [2.75, 3.05) is 19.0 Å². The average Bonchev–Trinajstić information content (AvgIpc) is 2.24. The van der Waals surface area contributed by atoms with Crippen molar-refractivity contribution in [2.24, 2.45) is 0 Å². The number of carbonyl (C=O) groups is 1. The summed E-state index contributed by atoms with van der Waals surface area (Å²) in [7, 11) is 0. The quantitative estimate of drug-likeness (QED) is 0.794. The zero-order chi connectivity index (χ0) is 13.8. The van der Waals surface area contributed by atoms with Gasteiger partial charge in [-0.15, -0.1) is 0 Å². The van der Waals surface area contributed by atoms with Crippen LogP contribution in [-0.4, -0.2) is 50.5 Å². The predicted molar refractivity (Wildman–Crippen MR) is 67.6 cm³/mol. The maximum atomic E-state index is 11.8. The zero-order valence-corrected chi connectivity index (χ0v) is 11.9. The van der Waals surface area contributed by atoms with Crippen molar-refractivity contribution in [3.05, 3.63) is 0 Å². The molecule has 0 saturated carbocycles. The van der Waals surface area contributed by atoms with Crippen LogP contribution in [0.15, 0.2) is 0 Å². The highest BCUT2D eigenvalue weighted by Crippen LogP contribution is 2.17. The molecule has 18 heavy (non-hydrogen) atoms. The highest BCUT2D eigenvalue weighted by molar-refractivity contribution is 7.79. The number of rotatable bonds is 3. The van der Waals surface area contributed by atoms with Gasteiger partial charge in [0.05, 0.1) is 6.10 Å². The molecule has 1 amide bonds. The first kappa shape index (κ1) is 15.4. The van der Waals surface area contributed by atoms with Crippen molar-refractivity contribution in [3.63, 3.8) is 0 Å². The summed E-state index contributed by atoms with van der Waals surface area (Å²) in [5.41, 5.74) is -0.488. The number of nitrogens with zero attached hydrogens (tertiary/aromatic N) is 1. The molecule has 1 aliphatic heterocycles. The number of likely N-dealkylation sites (tertiary alicyclic amines) is 1. The van der Waals surface area contributed by atoms with Gasteiger partial charge in [-0.2, -0.15) is 0 Å². The van der Waals surface area contributed by atoms with Gasteiger partial charge in [0, 0.05) is 13.1 Å². The average molecular weight is 279 g/mol. The number of hydrogen-bond donors (Lipinski definition) is 1. The maximum Gasteiger partial charge on any atom is 0.410 e. The van der Waals surface area contributed by atoms with Gasteiger partial charge in [0.1, 0.15) is 11.5 Å². The van der Waals surface area contributed by atoms with Crippen LogP contribution >= 0.6 is 0 Å². The first-order chi connectivity index (χ1) is 8.28. The molecule has 0 aliphatic carbocycles. The van der Waals surface area contributed by atoms with Gasteiger partial charge in [-0.3, -0.25) is 0 Å². The van der Waals surface area contributed by atoms with Crippen LogP contribution in [0.2, 0.25) is 0 Å². The van der Waals surface area contributed by atoms with Gasteiger partial charge in [0.2, 0.25) is 0 Å². The van der Waals surface area contributed by atoms with Crippen LogP contribution in [0.4, 0.5) is 4.79 Å². The minimum atomic E-state index is -1.93. The van der Waals surface area contributed by atoms with Crippen molar-refractivity contribution < 1.29 is 23.0 Å². The van der Waals surface area contributed by atoms with Crippen LogP contribution in [0, 0.1) is 0 Å². The molecule has 0 spiro atoms. The fourth-order valence-corrected chi connectivity index (χ4v) is 1.99. The number of piperidine rings is 1. The SMILES string of the molecule is CC(C)(C)OC(=O)N1CCC(OCS(=O)O)CC1. The summed E-state index contributed by atoms with van der Waals surface area (Å²) < 4.78 is 29.6. The van der Waals surface area contributed by atoms with Crippen LogP contribution in [0.5, 0.6) is 0 Å². The molecule has 1 heterocycles. The molecule has 6 nitrogen and oxygen atoms in total. The van der Waals surface area contributed by atoms with Crippen molar-refractivity contribution in [2.45, 2.75) is 45.3 Å². The van der Waals surface area contributed by atoms with Gasteiger partial charge >= 0.3 is 6.09 Å². The van der Waals surface area contributed by atoms with E-state index in [0.29, 0.717) is 25.9 Å². The molecule has 1 fully saturated rings. The molecule has 0 radical (unpaired) electrons. The number of carbonyl (C=O) groups excluding carboxylic acids is 1. The Balaban J connectivity index is 2.30. The Morgan fingerprint density at radius 3 is 2.39 bits per heavy atom. The van der Waals surface area contributed by atoms with E-state index in [1.165, 1.54) is 0 Å². The third-order valence-electron chi connectivity index (χ3n) is 2.50. The summed E-state index contributed by atoms with van der Waals surface area (Å²) in [6.45, 7) is 6.60. The normalized spacial score (nSPS) is 19.7. The van der Waals surface area contributed by atoms with Gasteiger partial charge < -0.3 is 18.9 Å². The Kier molecular flexibility index (Phi) is 5.55. The molecule has 0 aromatic rings. The molecule has 106 valence electrons. The van der Waals surface area contributed by atoms with E-state index in [4.69, 9.17) is 14.0 Å². The molecule has 1 N–H and O–H groups in total.